The average molecular weight is 282 g/mol. The number of carboxylic acid groups (broad SMARTS) is 1. The van der Waals surface area contributed by atoms with Crippen LogP contribution in [0, 0.1) is 11.3 Å². The van der Waals surface area contributed by atoms with Crippen LogP contribution in [-0.2, 0) is 11.2 Å². The second-order valence-corrected chi connectivity index (χ2v) is 4.82. The molecule has 0 spiro atoms. The number of nitriles is 1. The fourth-order valence-corrected chi connectivity index (χ4v) is 2.42. The molecule has 0 saturated heterocycles. The highest BCUT2D eigenvalue weighted by atomic mass is 32.1. The number of carbonyl (C=O) groups excluding carboxylic acids is 1. The lowest BCUT2D eigenvalue weighted by Crippen LogP contribution is -2.29. The third-order valence-corrected chi connectivity index (χ3v) is 3.33. The van der Waals surface area contributed by atoms with E-state index < -0.39 is 11.9 Å². The van der Waals surface area contributed by atoms with Crippen LogP contribution in [0.2, 0.25) is 0 Å². The second-order valence-electron chi connectivity index (χ2n) is 3.68. The maximum atomic E-state index is 11.3. The lowest BCUT2D eigenvalue weighted by molar-refractivity contribution is -0.122. The zero-order valence-electron chi connectivity index (χ0n) is 10.4. The molecule has 0 aliphatic carbocycles. The van der Waals surface area contributed by atoms with Crippen molar-refractivity contribution in [2.75, 3.05) is 13.2 Å². The summed E-state index contributed by atoms with van der Waals surface area (Å²) < 4.78 is 5.19. The number of amides is 1. The van der Waals surface area contributed by atoms with Crippen LogP contribution >= 0.6 is 11.3 Å². The zero-order chi connectivity index (χ0) is 14.3. The molecule has 1 aromatic rings. The van der Waals surface area contributed by atoms with Crippen LogP contribution in [0.1, 0.15) is 27.9 Å². The molecule has 0 atom stereocenters. The van der Waals surface area contributed by atoms with E-state index >= 15 is 0 Å². The first-order valence-electron chi connectivity index (χ1n) is 5.71. The Morgan fingerprint density at radius 3 is 2.89 bits per heavy atom. The minimum Gasteiger partial charge on any atom is -0.482 e. The predicted octanol–water partition coefficient (Wildman–Crippen LogP) is 1.42. The first-order valence-corrected chi connectivity index (χ1v) is 6.52. The smallest absolute Gasteiger partial charge is 0.349 e. The van der Waals surface area contributed by atoms with Crippen LogP contribution in [0.25, 0.3) is 0 Å². The molecule has 0 aliphatic rings. The molecule has 1 heterocycles. The number of hydrogen-bond acceptors (Lipinski definition) is 5. The Bertz CT molecular complexity index is 504. The first-order chi connectivity index (χ1) is 9.08. The van der Waals surface area contributed by atoms with Gasteiger partial charge in [0.15, 0.2) is 11.5 Å². The number of thiophene rings is 1. The molecule has 7 heteroatoms. The van der Waals surface area contributed by atoms with Gasteiger partial charge in [0.05, 0.1) is 6.07 Å². The highest BCUT2D eigenvalue weighted by molar-refractivity contribution is 7.14. The molecule has 6 nitrogen and oxygen atoms in total. The number of nitrogens with zero attached hydrogens (tertiary/aromatic N) is 1. The van der Waals surface area contributed by atoms with Crippen molar-refractivity contribution >= 4 is 23.2 Å². The molecule has 1 rings (SSSR count). The van der Waals surface area contributed by atoms with Crippen LogP contribution in [0.4, 0.5) is 0 Å². The van der Waals surface area contributed by atoms with Gasteiger partial charge in [-0.2, -0.15) is 5.26 Å². The van der Waals surface area contributed by atoms with Gasteiger partial charge in [0.1, 0.15) is 12.3 Å². The number of carbonyl (C=O) groups is 2. The van der Waals surface area contributed by atoms with Gasteiger partial charge in [0.2, 0.25) is 0 Å². The van der Waals surface area contributed by atoms with Crippen molar-refractivity contribution in [3.05, 3.63) is 15.8 Å². The van der Waals surface area contributed by atoms with Gasteiger partial charge in [0, 0.05) is 4.88 Å². The molecule has 1 amide bonds. The third kappa shape index (κ3) is 4.60. The van der Waals surface area contributed by atoms with E-state index in [4.69, 9.17) is 15.1 Å². The molecule has 1 aromatic heterocycles. The quantitative estimate of drug-likeness (QED) is 0.737. The van der Waals surface area contributed by atoms with Crippen molar-refractivity contribution in [2.24, 2.45) is 0 Å². The summed E-state index contributed by atoms with van der Waals surface area (Å²) in [6.45, 7) is 1.60. The molecule has 19 heavy (non-hydrogen) atoms. The predicted molar refractivity (Wildman–Crippen MR) is 69.4 cm³/mol. The molecule has 102 valence electrons. The van der Waals surface area contributed by atoms with E-state index in [-0.39, 0.29) is 23.8 Å². The normalized spacial score (nSPS) is 9.68. The van der Waals surface area contributed by atoms with Gasteiger partial charge in [0.25, 0.3) is 5.91 Å². The van der Waals surface area contributed by atoms with E-state index in [1.54, 1.807) is 12.1 Å². The van der Waals surface area contributed by atoms with Gasteiger partial charge in [-0.25, -0.2) is 4.79 Å². The lowest BCUT2D eigenvalue weighted by atomic mass is 10.3. The summed E-state index contributed by atoms with van der Waals surface area (Å²) in [5.41, 5.74) is 0. The van der Waals surface area contributed by atoms with Gasteiger partial charge in [-0.3, -0.25) is 4.79 Å². The minimum absolute atomic E-state index is 0.0940. The molecular formula is C12H14N2O4S. The topological polar surface area (TPSA) is 99.4 Å². The standard InChI is InChI=1S/C12H14N2O4S/c1-2-3-8-6-9(11(19-8)12(16)17)18-7-10(15)14-5-4-13/h6H,2-3,5,7H2,1H3,(H,14,15)(H,16,17). The number of carboxylic acids is 1. The SMILES string of the molecule is CCCc1cc(OCC(=O)NCC#N)c(C(=O)O)s1. The van der Waals surface area contributed by atoms with E-state index in [1.165, 1.54) is 0 Å². The Morgan fingerprint density at radius 2 is 2.32 bits per heavy atom. The largest absolute Gasteiger partial charge is 0.482 e. The Kier molecular flexibility index (Phi) is 5.82. The van der Waals surface area contributed by atoms with Gasteiger partial charge in [-0.05, 0) is 12.5 Å². The van der Waals surface area contributed by atoms with E-state index in [9.17, 15) is 9.59 Å². The number of rotatable bonds is 7. The maximum absolute atomic E-state index is 11.3. The average Bonchev–Trinajstić information content (AvgIpc) is 2.77. The number of aryl methyl sites for hydroxylation is 1. The van der Waals surface area contributed by atoms with E-state index in [1.807, 2.05) is 6.92 Å². The Morgan fingerprint density at radius 1 is 1.58 bits per heavy atom. The van der Waals surface area contributed by atoms with Crippen LogP contribution in [0.5, 0.6) is 5.75 Å². The third-order valence-electron chi connectivity index (χ3n) is 2.16. The molecule has 0 saturated carbocycles. The summed E-state index contributed by atoms with van der Waals surface area (Å²) in [5.74, 6) is -1.33. The highest BCUT2D eigenvalue weighted by Gasteiger charge is 2.17. The molecule has 0 aliphatic heterocycles. The number of ether oxygens (including phenoxy) is 1. The van der Waals surface area contributed by atoms with Gasteiger partial charge < -0.3 is 15.2 Å². The Balaban J connectivity index is 2.68. The molecular weight excluding hydrogens is 268 g/mol. The molecule has 0 bridgehead atoms. The van der Waals surface area contributed by atoms with Crippen molar-refractivity contribution in [2.45, 2.75) is 19.8 Å². The summed E-state index contributed by atoms with van der Waals surface area (Å²) in [6.07, 6.45) is 1.68. The van der Waals surface area contributed by atoms with Crippen LogP contribution < -0.4 is 10.1 Å². The zero-order valence-corrected chi connectivity index (χ0v) is 11.2. The van der Waals surface area contributed by atoms with Gasteiger partial charge in [-0.15, -0.1) is 11.3 Å². The van der Waals surface area contributed by atoms with Gasteiger partial charge in [-0.1, -0.05) is 13.3 Å². The molecule has 0 fully saturated rings. The Hall–Kier alpha value is -2.07. The van der Waals surface area contributed by atoms with Crippen LogP contribution in [0.3, 0.4) is 0 Å². The van der Waals surface area contributed by atoms with Crippen LogP contribution in [-0.4, -0.2) is 30.1 Å². The van der Waals surface area contributed by atoms with Crippen molar-refractivity contribution in [3.8, 4) is 11.8 Å². The molecule has 0 radical (unpaired) electrons. The monoisotopic (exact) mass is 282 g/mol. The van der Waals surface area contributed by atoms with Gasteiger partial charge >= 0.3 is 5.97 Å². The Labute approximate surface area is 114 Å². The first kappa shape index (κ1) is 15.0. The summed E-state index contributed by atoms with van der Waals surface area (Å²) >= 11 is 1.15. The number of nitrogens with one attached hydrogen (secondary N) is 1. The summed E-state index contributed by atoms with van der Waals surface area (Å²) in [7, 11) is 0. The van der Waals surface area contributed by atoms with Crippen molar-refractivity contribution in [1.82, 2.24) is 5.32 Å². The minimum atomic E-state index is -1.07. The molecule has 0 unspecified atom stereocenters. The second kappa shape index (κ2) is 7.38. The van der Waals surface area contributed by atoms with Crippen molar-refractivity contribution < 1.29 is 19.4 Å². The molecule has 0 aromatic carbocycles. The van der Waals surface area contributed by atoms with E-state index in [0.29, 0.717) is 0 Å². The fraction of sp³-hybridized carbons (Fsp3) is 0.417. The maximum Gasteiger partial charge on any atom is 0.349 e. The number of aromatic carboxylic acids is 1. The summed E-state index contributed by atoms with van der Waals surface area (Å²) in [6, 6.07) is 3.42. The van der Waals surface area contributed by atoms with Crippen LogP contribution in [0.15, 0.2) is 6.07 Å². The molecule has 2 N–H and O–H groups in total. The highest BCUT2D eigenvalue weighted by Crippen LogP contribution is 2.30. The fourth-order valence-electron chi connectivity index (χ4n) is 1.38. The van der Waals surface area contributed by atoms with E-state index in [0.717, 1.165) is 29.1 Å². The summed E-state index contributed by atoms with van der Waals surface area (Å²) in [4.78, 5) is 23.3. The van der Waals surface area contributed by atoms with Crippen molar-refractivity contribution in [1.29, 1.82) is 5.26 Å². The number of hydrogen-bond donors (Lipinski definition) is 2. The van der Waals surface area contributed by atoms with Crippen molar-refractivity contribution in [3.63, 3.8) is 0 Å². The summed E-state index contributed by atoms with van der Waals surface area (Å²) in [5, 5.41) is 19.7. The lowest BCUT2D eigenvalue weighted by Gasteiger charge is -2.04. The van der Waals surface area contributed by atoms with E-state index in [2.05, 4.69) is 5.32 Å².